The summed E-state index contributed by atoms with van der Waals surface area (Å²) in [4.78, 5) is 4.87. The van der Waals surface area contributed by atoms with E-state index in [0.29, 0.717) is 0 Å². The lowest BCUT2D eigenvalue weighted by atomic mass is 10.0. The number of nitriles is 1. The molecule has 0 aromatic heterocycles. The van der Waals surface area contributed by atoms with E-state index in [4.69, 9.17) is 10.3 Å². The molecule has 0 unspecified atom stereocenters. The van der Waals surface area contributed by atoms with Crippen molar-refractivity contribution in [3.63, 3.8) is 0 Å². The maximum Gasteiger partial charge on any atom is 0.0994 e. The van der Waals surface area contributed by atoms with Crippen molar-refractivity contribution >= 4 is 5.71 Å². The zero-order chi connectivity index (χ0) is 13.9. The predicted molar refractivity (Wildman–Crippen MR) is 80.9 cm³/mol. The van der Waals surface area contributed by atoms with Gasteiger partial charge in [-0.2, -0.15) is 5.26 Å². The number of rotatable bonds is 2. The Bertz CT molecular complexity index is 693. The molecule has 0 heterocycles. The van der Waals surface area contributed by atoms with Gasteiger partial charge in [-0.25, -0.2) is 0 Å². The standard InChI is InChI=1S/C18H16N2/c1-13(14-6-3-2-4-7-14)20-18-11-10-16-15(12-19)8-5-9-17(16)18/h2-9,13H,10-11H2,1H3/b20-18+/t13-/m0/s1. The molecule has 0 spiro atoms. The third-order valence-corrected chi connectivity index (χ3v) is 3.85. The lowest BCUT2D eigenvalue weighted by molar-refractivity contribution is 0.816. The molecule has 2 heteroatoms. The molecular formula is C18H16N2. The first-order valence-electron chi connectivity index (χ1n) is 6.93. The summed E-state index contributed by atoms with van der Waals surface area (Å²) in [7, 11) is 0. The van der Waals surface area contributed by atoms with Crippen LogP contribution in [0.25, 0.3) is 0 Å². The van der Waals surface area contributed by atoms with Crippen LogP contribution < -0.4 is 0 Å². The van der Waals surface area contributed by atoms with Gasteiger partial charge in [0.2, 0.25) is 0 Å². The van der Waals surface area contributed by atoms with Crippen LogP contribution in [0.3, 0.4) is 0 Å². The second kappa shape index (κ2) is 5.30. The van der Waals surface area contributed by atoms with Crippen LogP contribution in [-0.2, 0) is 6.42 Å². The Hall–Kier alpha value is -2.40. The van der Waals surface area contributed by atoms with Crippen LogP contribution in [0, 0.1) is 11.3 Å². The Labute approximate surface area is 119 Å². The van der Waals surface area contributed by atoms with Gasteiger partial charge in [-0.15, -0.1) is 0 Å². The molecule has 2 aromatic rings. The Morgan fingerprint density at radius 1 is 1.05 bits per heavy atom. The molecule has 98 valence electrons. The van der Waals surface area contributed by atoms with Crippen molar-refractivity contribution in [1.29, 1.82) is 5.26 Å². The summed E-state index contributed by atoms with van der Waals surface area (Å²) in [6.45, 7) is 2.12. The van der Waals surface area contributed by atoms with E-state index in [-0.39, 0.29) is 6.04 Å². The molecule has 0 bridgehead atoms. The SMILES string of the molecule is C[C@H](/N=C1\CCc2c(C#N)cccc21)c1ccccc1. The quantitative estimate of drug-likeness (QED) is 0.802. The Morgan fingerprint density at radius 3 is 2.60 bits per heavy atom. The fourth-order valence-corrected chi connectivity index (χ4v) is 2.78. The molecule has 0 amide bonds. The van der Waals surface area contributed by atoms with Crippen molar-refractivity contribution in [1.82, 2.24) is 0 Å². The Morgan fingerprint density at radius 2 is 1.85 bits per heavy atom. The monoisotopic (exact) mass is 260 g/mol. The van der Waals surface area contributed by atoms with Gasteiger partial charge in [-0.05, 0) is 37.0 Å². The molecule has 0 N–H and O–H groups in total. The first-order valence-corrected chi connectivity index (χ1v) is 6.93. The molecule has 2 nitrogen and oxygen atoms in total. The van der Waals surface area contributed by atoms with Crippen molar-refractivity contribution in [2.45, 2.75) is 25.8 Å². The van der Waals surface area contributed by atoms with E-state index in [1.165, 1.54) is 5.56 Å². The maximum absolute atomic E-state index is 9.16. The highest BCUT2D eigenvalue weighted by molar-refractivity contribution is 6.05. The summed E-state index contributed by atoms with van der Waals surface area (Å²) in [5, 5.41) is 9.16. The van der Waals surface area contributed by atoms with E-state index in [1.807, 2.05) is 30.3 Å². The molecular weight excluding hydrogens is 244 g/mol. The predicted octanol–water partition coefficient (Wildman–Crippen LogP) is 4.05. The third kappa shape index (κ3) is 2.23. The van der Waals surface area contributed by atoms with E-state index >= 15 is 0 Å². The number of benzene rings is 2. The van der Waals surface area contributed by atoms with Gasteiger partial charge in [0.1, 0.15) is 0 Å². The molecule has 3 rings (SSSR count). The number of aliphatic imine (C=N–C) groups is 1. The van der Waals surface area contributed by atoms with Crippen molar-refractivity contribution in [3.05, 3.63) is 70.8 Å². The van der Waals surface area contributed by atoms with Gasteiger partial charge in [-0.3, -0.25) is 4.99 Å². The van der Waals surface area contributed by atoms with Crippen LogP contribution in [0.5, 0.6) is 0 Å². The molecule has 0 fully saturated rings. The lowest BCUT2D eigenvalue weighted by Crippen LogP contribution is -1.99. The van der Waals surface area contributed by atoms with Crippen molar-refractivity contribution in [2.24, 2.45) is 4.99 Å². The molecule has 1 aliphatic rings. The first kappa shape index (κ1) is 12.6. The normalized spacial score (nSPS) is 16.7. The Balaban J connectivity index is 1.96. The van der Waals surface area contributed by atoms with E-state index < -0.39 is 0 Å². The van der Waals surface area contributed by atoms with Gasteiger partial charge in [0.25, 0.3) is 0 Å². The van der Waals surface area contributed by atoms with E-state index in [0.717, 1.165) is 35.2 Å². The van der Waals surface area contributed by atoms with E-state index in [2.05, 4.69) is 31.2 Å². The summed E-state index contributed by atoms with van der Waals surface area (Å²) >= 11 is 0. The highest BCUT2D eigenvalue weighted by Crippen LogP contribution is 2.28. The lowest BCUT2D eigenvalue weighted by Gasteiger charge is -2.09. The molecule has 0 aliphatic heterocycles. The van der Waals surface area contributed by atoms with Crippen LogP contribution >= 0.6 is 0 Å². The minimum Gasteiger partial charge on any atom is -0.281 e. The largest absolute Gasteiger partial charge is 0.281 e. The van der Waals surface area contributed by atoms with Gasteiger partial charge in [-0.1, -0.05) is 42.5 Å². The average Bonchev–Trinajstić information content (AvgIpc) is 2.91. The summed E-state index contributed by atoms with van der Waals surface area (Å²) < 4.78 is 0. The fourth-order valence-electron chi connectivity index (χ4n) is 2.78. The van der Waals surface area contributed by atoms with Gasteiger partial charge in [0, 0.05) is 11.3 Å². The van der Waals surface area contributed by atoms with Crippen molar-refractivity contribution < 1.29 is 0 Å². The van der Waals surface area contributed by atoms with Crippen LogP contribution in [0.15, 0.2) is 53.5 Å². The number of nitrogens with zero attached hydrogens (tertiary/aromatic N) is 2. The van der Waals surface area contributed by atoms with Gasteiger partial charge in [0.05, 0.1) is 17.7 Å². The second-order valence-electron chi connectivity index (χ2n) is 5.11. The molecule has 1 atom stereocenters. The highest BCUT2D eigenvalue weighted by atomic mass is 14.8. The molecule has 1 aliphatic carbocycles. The summed E-state index contributed by atoms with van der Waals surface area (Å²) in [6, 6.07) is 18.7. The minimum atomic E-state index is 0.155. The number of hydrogen-bond acceptors (Lipinski definition) is 2. The smallest absolute Gasteiger partial charge is 0.0994 e. The summed E-state index contributed by atoms with van der Waals surface area (Å²) in [5.41, 5.74) is 5.47. The maximum atomic E-state index is 9.16. The van der Waals surface area contributed by atoms with E-state index in [1.54, 1.807) is 0 Å². The zero-order valence-corrected chi connectivity index (χ0v) is 11.5. The molecule has 0 radical (unpaired) electrons. The third-order valence-electron chi connectivity index (χ3n) is 3.85. The first-order chi connectivity index (χ1) is 9.79. The molecule has 0 saturated carbocycles. The molecule has 20 heavy (non-hydrogen) atoms. The second-order valence-corrected chi connectivity index (χ2v) is 5.11. The molecule has 0 saturated heterocycles. The van der Waals surface area contributed by atoms with Crippen LogP contribution in [0.1, 0.15) is 41.6 Å². The highest BCUT2D eigenvalue weighted by Gasteiger charge is 2.21. The fraction of sp³-hybridized carbons (Fsp3) is 0.222. The number of fused-ring (bicyclic) bond motifs is 1. The minimum absolute atomic E-state index is 0.155. The van der Waals surface area contributed by atoms with Gasteiger partial charge < -0.3 is 0 Å². The molecule has 2 aromatic carbocycles. The van der Waals surface area contributed by atoms with Crippen LogP contribution in [-0.4, -0.2) is 5.71 Å². The van der Waals surface area contributed by atoms with Crippen LogP contribution in [0.2, 0.25) is 0 Å². The van der Waals surface area contributed by atoms with Crippen molar-refractivity contribution in [2.75, 3.05) is 0 Å². The van der Waals surface area contributed by atoms with Gasteiger partial charge in [0.15, 0.2) is 0 Å². The Kier molecular flexibility index (Phi) is 3.35. The van der Waals surface area contributed by atoms with E-state index in [9.17, 15) is 0 Å². The summed E-state index contributed by atoms with van der Waals surface area (Å²) in [5.74, 6) is 0. The topological polar surface area (TPSA) is 36.1 Å². The van der Waals surface area contributed by atoms with Crippen molar-refractivity contribution in [3.8, 4) is 6.07 Å². The average molecular weight is 260 g/mol. The zero-order valence-electron chi connectivity index (χ0n) is 11.5. The summed E-state index contributed by atoms with van der Waals surface area (Å²) in [6.07, 6.45) is 1.87. The van der Waals surface area contributed by atoms with Crippen LogP contribution in [0.4, 0.5) is 0 Å². The van der Waals surface area contributed by atoms with Gasteiger partial charge >= 0.3 is 0 Å². The number of hydrogen-bond donors (Lipinski definition) is 0.